The zero-order valence-corrected chi connectivity index (χ0v) is 18.8. The molecule has 2 rings (SSSR count). The van der Waals surface area contributed by atoms with Gasteiger partial charge in [0.1, 0.15) is 17.1 Å². The molecule has 1 aromatic heterocycles. The van der Waals surface area contributed by atoms with E-state index in [9.17, 15) is 5.11 Å². The van der Waals surface area contributed by atoms with E-state index >= 15 is 0 Å². The van der Waals surface area contributed by atoms with E-state index in [1.165, 1.54) is 0 Å². The standard InChI is InChI=1S/C22H40N4O3/c1-6-18(7-2)19(26-11-13-28-14-12-26)15-24-21(23-8-3)25-16-22(5,27)20-10-9-17(4)29-20/h9-10,18-19,27H,6-8,11-16H2,1-5H3,(H2,23,24,25). The van der Waals surface area contributed by atoms with Crippen molar-refractivity contribution in [3.63, 3.8) is 0 Å². The monoisotopic (exact) mass is 408 g/mol. The molecule has 0 amide bonds. The molecule has 1 aromatic rings. The molecule has 1 saturated heterocycles. The molecule has 0 spiro atoms. The molecule has 29 heavy (non-hydrogen) atoms. The van der Waals surface area contributed by atoms with Gasteiger partial charge >= 0.3 is 0 Å². The lowest BCUT2D eigenvalue weighted by atomic mass is 9.92. The third kappa shape index (κ3) is 7.01. The Hall–Kier alpha value is -1.57. The van der Waals surface area contributed by atoms with Crippen LogP contribution >= 0.6 is 0 Å². The van der Waals surface area contributed by atoms with Crippen molar-refractivity contribution in [3.05, 3.63) is 23.7 Å². The summed E-state index contributed by atoms with van der Waals surface area (Å²) in [5, 5.41) is 17.6. The minimum atomic E-state index is -1.14. The largest absolute Gasteiger partial charge is 0.463 e. The molecule has 1 fully saturated rings. The van der Waals surface area contributed by atoms with E-state index in [1.807, 2.05) is 26.0 Å². The number of rotatable bonds is 10. The van der Waals surface area contributed by atoms with E-state index in [0.717, 1.165) is 64.0 Å². The number of aliphatic imine (C=N–C) groups is 1. The first kappa shape index (κ1) is 23.7. The van der Waals surface area contributed by atoms with E-state index in [4.69, 9.17) is 9.15 Å². The normalized spacial score (nSPS) is 19.2. The Kier molecular flexibility index (Phi) is 9.46. The Balaban J connectivity index is 2.05. The molecular weight excluding hydrogens is 368 g/mol. The van der Waals surface area contributed by atoms with Crippen molar-refractivity contribution < 1.29 is 14.3 Å². The minimum Gasteiger partial charge on any atom is -0.463 e. The Labute approximate surface area is 175 Å². The molecule has 2 unspecified atom stereocenters. The molecule has 7 nitrogen and oxygen atoms in total. The summed E-state index contributed by atoms with van der Waals surface area (Å²) in [4.78, 5) is 7.18. The van der Waals surface area contributed by atoms with Gasteiger partial charge < -0.3 is 24.9 Å². The van der Waals surface area contributed by atoms with Gasteiger partial charge in [-0.3, -0.25) is 4.90 Å². The third-order valence-electron chi connectivity index (χ3n) is 5.75. The van der Waals surface area contributed by atoms with E-state index in [-0.39, 0.29) is 6.54 Å². The van der Waals surface area contributed by atoms with Crippen molar-refractivity contribution in [1.82, 2.24) is 15.5 Å². The smallest absolute Gasteiger partial charge is 0.191 e. The first-order valence-corrected chi connectivity index (χ1v) is 11.0. The maximum atomic E-state index is 10.8. The molecule has 0 saturated carbocycles. The number of aliphatic hydroxyl groups is 1. The van der Waals surface area contributed by atoms with E-state index < -0.39 is 5.60 Å². The van der Waals surface area contributed by atoms with Gasteiger partial charge in [-0.05, 0) is 38.8 Å². The van der Waals surface area contributed by atoms with Gasteiger partial charge in [0, 0.05) is 32.2 Å². The Morgan fingerprint density at radius 3 is 2.45 bits per heavy atom. The second-order valence-electron chi connectivity index (χ2n) is 8.05. The van der Waals surface area contributed by atoms with Gasteiger partial charge in [-0.1, -0.05) is 26.7 Å². The SMILES string of the molecule is CCNC(=NCC(C)(O)c1ccc(C)o1)NCC(C(CC)CC)N1CCOCC1. The van der Waals surface area contributed by atoms with Gasteiger partial charge in [0.25, 0.3) is 0 Å². The maximum Gasteiger partial charge on any atom is 0.191 e. The molecule has 0 radical (unpaired) electrons. The summed E-state index contributed by atoms with van der Waals surface area (Å²) < 4.78 is 11.1. The number of nitrogens with zero attached hydrogens (tertiary/aromatic N) is 2. The molecule has 2 heterocycles. The lowest BCUT2D eigenvalue weighted by Gasteiger charge is -2.39. The van der Waals surface area contributed by atoms with Crippen molar-refractivity contribution in [2.45, 2.75) is 59.1 Å². The van der Waals surface area contributed by atoms with Gasteiger partial charge in [-0.15, -0.1) is 0 Å². The summed E-state index contributed by atoms with van der Waals surface area (Å²) in [6, 6.07) is 4.11. The fourth-order valence-corrected chi connectivity index (χ4v) is 3.91. The number of nitrogens with one attached hydrogen (secondary N) is 2. The highest BCUT2D eigenvalue weighted by Crippen LogP contribution is 2.23. The highest BCUT2D eigenvalue weighted by atomic mass is 16.5. The van der Waals surface area contributed by atoms with Gasteiger partial charge in [-0.25, -0.2) is 4.99 Å². The van der Waals surface area contributed by atoms with E-state index in [2.05, 4.69) is 34.4 Å². The first-order valence-electron chi connectivity index (χ1n) is 11.0. The number of aryl methyl sites for hydroxylation is 1. The van der Waals surface area contributed by atoms with Crippen LogP contribution in [0.2, 0.25) is 0 Å². The fourth-order valence-electron chi connectivity index (χ4n) is 3.91. The molecule has 166 valence electrons. The molecular formula is C22H40N4O3. The summed E-state index contributed by atoms with van der Waals surface area (Å²) >= 11 is 0. The topological polar surface area (TPSA) is 82.3 Å². The number of hydrogen-bond acceptors (Lipinski definition) is 5. The predicted molar refractivity (Wildman–Crippen MR) is 117 cm³/mol. The van der Waals surface area contributed by atoms with E-state index in [0.29, 0.717) is 17.7 Å². The molecule has 2 atom stereocenters. The van der Waals surface area contributed by atoms with Crippen molar-refractivity contribution in [1.29, 1.82) is 0 Å². The highest BCUT2D eigenvalue weighted by molar-refractivity contribution is 5.79. The van der Waals surface area contributed by atoms with Crippen molar-refractivity contribution in [2.75, 3.05) is 45.9 Å². The number of guanidine groups is 1. The molecule has 1 aliphatic rings. The molecule has 0 bridgehead atoms. The summed E-state index contributed by atoms with van der Waals surface area (Å²) in [7, 11) is 0. The molecule has 1 aliphatic heterocycles. The van der Waals surface area contributed by atoms with Crippen molar-refractivity contribution >= 4 is 5.96 Å². The van der Waals surface area contributed by atoms with Crippen LogP contribution in [-0.2, 0) is 10.3 Å². The number of ether oxygens (including phenoxy) is 1. The zero-order chi connectivity index (χ0) is 21.3. The van der Waals surface area contributed by atoms with Crippen LogP contribution in [0.5, 0.6) is 0 Å². The van der Waals surface area contributed by atoms with Crippen LogP contribution < -0.4 is 10.6 Å². The summed E-state index contributed by atoms with van der Waals surface area (Å²) in [6.45, 7) is 15.6. The van der Waals surface area contributed by atoms with Crippen molar-refractivity contribution in [3.8, 4) is 0 Å². The summed E-state index contributed by atoms with van der Waals surface area (Å²) in [6.07, 6.45) is 2.31. The van der Waals surface area contributed by atoms with Crippen LogP contribution in [0.15, 0.2) is 21.5 Å². The van der Waals surface area contributed by atoms with Crippen LogP contribution in [0.25, 0.3) is 0 Å². The lowest BCUT2D eigenvalue weighted by molar-refractivity contribution is 0.00269. The number of hydrogen-bond donors (Lipinski definition) is 3. The average Bonchev–Trinajstić information content (AvgIpc) is 3.17. The Morgan fingerprint density at radius 2 is 1.90 bits per heavy atom. The van der Waals surface area contributed by atoms with Gasteiger partial charge in [0.15, 0.2) is 5.96 Å². The third-order valence-corrected chi connectivity index (χ3v) is 5.75. The average molecular weight is 409 g/mol. The van der Waals surface area contributed by atoms with Gasteiger partial charge in [0.05, 0.1) is 19.8 Å². The van der Waals surface area contributed by atoms with Crippen LogP contribution in [0.1, 0.15) is 52.1 Å². The zero-order valence-electron chi connectivity index (χ0n) is 18.8. The lowest BCUT2D eigenvalue weighted by Crippen LogP contribution is -2.53. The first-order chi connectivity index (χ1) is 13.9. The quantitative estimate of drug-likeness (QED) is 0.408. The Morgan fingerprint density at radius 1 is 1.21 bits per heavy atom. The number of morpholine rings is 1. The van der Waals surface area contributed by atoms with Gasteiger partial charge in [0.2, 0.25) is 0 Å². The van der Waals surface area contributed by atoms with Crippen LogP contribution in [0.4, 0.5) is 0 Å². The molecule has 3 N–H and O–H groups in total. The van der Waals surface area contributed by atoms with Crippen LogP contribution in [0, 0.1) is 12.8 Å². The van der Waals surface area contributed by atoms with Crippen LogP contribution in [-0.4, -0.2) is 67.9 Å². The molecule has 0 aromatic carbocycles. The van der Waals surface area contributed by atoms with Crippen LogP contribution in [0.3, 0.4) is 0 Å². The highest BCUT2D eigenvalue weighted by Gasteiger charge is 2.28. The molecule has 7 heteroatoms. The fraction of sp³-hybridized carbons (Fsp3) is 0.773. The predicted octanol–water partition coefficient (Wildman–Crippen LogP) is 2.49. The second kappa shape index (κ2) is 11.6. The Bertz CT molecular complexity index is 619. The van der Waals surface area contributed by atoms with Crippen molar-refractivity contribution in [2.24, 2.45) is 10.9 Å². The second-order valence-corrected chi connectivity index (χ2v) is 8.05. The van der Waals surface area contributed by atoms with Gasteiger partial charge in [-0.2, -0.15) is 0 Å². The molecule has 0 aliphatic carbocycles. The minimum absolute atomic E-state index is 0.225. The summed E-state index contributed by atoms with van der Waals surface area (Å²) in [5.74, 6) is 2.67. The van der Waals surface area contributed by atoms with E-state index in [1.54, 1.807) is 6.92 Å². The summed E-state index contributed by atoms with van der Waals surface area (Å²) in [5.41, 5.74) is -1.14. The number of furan rings is 1. The maximum absolute atomic E-state index is 10.8.